The Hall–Kier alpha value is -1.79. The van der Waals surface area contributed by atoms with Gasteiger partial charge in [0.1, 0.15) is 5.75 Å². The van der Waals surface area contributed by atoms with Gasteiger partial charge in [0.15, 0.2) is 0 Å². The minimum absolute atomic E-state index is 0. The molecule has 2 rings (SSSR count). The molecule has 1 fully saturated rings. The standard InChI is InChI=1S/C18H26N2O4.ClH/c1-2-23-18(22)14-5-9-16(10-6-14)24-15-7-3-13(4-8-15)17(21)20-12-11-19;/h3-4,7-8,14,16H,2,5-6,9-12,19H2,1H3,(H,20,21);1H/t14-,16+;. The molecule has 6 nitrogen and oxygen atoms in total. The van der Waals surface area contributed by atoms with Crippen LogP contribution in [-0.2, 0) is 9.53 Å². The number of nitrogens with two attached hydrogens (primary N) is 1. The maximum absolute atomic E-state index is 11.8. The Kier molecular flexibility index (Phi) is 9.31. The van der Waals surface area contributed by atoms with Crippen molar-refractivity contribution >= 4 is 24.3 Å². The van der Waals surface area contributed by atoms with Gasteiger partial charge in [-0.1, -0.05) is 0 Å². The van der Waals surface area contributed by atoms with Gasteiger partial charge in [0.2, 0.25) is 0 Å². The number of amides is 1. The Morgan fingerprint density at radius 2 is 1.80 bits per heavy atom. The van der Waals surface area contributed by atoms with Gasteiger partial charge in [-0.2, -0.15) is 0 Å². The van der Waals surface area contributed by atoms with Crippen LogP contribution in [0.15, 0.2) is 24.3 Å². The van der Waals surface area contributed by atoms with Gasteiger partial charge in [-0.15, -0.1) is 12.4 Å². The predicted molar refractivity (Wildman–Crippen MR) is 98.1 cm³/mol. The summed E-state index contributed by atoms with van der Waals surface area (Å²) in [4.78, 5) is 23.5. The first-order chi connectivity index (χ1) is 11.6. The van der Waals surface area contributed by atoms with Gasteiger partial charge >= 0.3 is 5.97 Å². The van der Waals surface area contributed by atoms with Crippen LogP contribution in [0.1, 0.15) is 43.0 Å². The Morgan fingerprint density at radius 3 is 2.36 bits per heavy atom. The normalized spacial score (nSPS) is 19.4. The highest BCUT2D eigenvalue weighted by molar-refractivity contribution is 5.94. The highest BCUT2D eigenvalue weighted by Gasteiger charge is 2.28. The fraction of sp³-hybridized carbons (Fsp3) is 0.556. The molecule has 3 N–H and O–H groups in total. The van der Waals surface area contributed by atoms with E-state index in [1.54, 1.807) is 24.3 Å². The van der Waals surface area contributed by atoms with Gasteiger partial charge in [-0.05, 0) is 56.9 Å². The first kappa shape index (κ1) is 21.3. The van der Waals surface area contributed by atoms with Crippen LogP contribution in [0, 0.1) is 5.92 Å². The summed E-state index contributed by atoms with van der Waals surface area (Å²) in [6.07, 6.45) is 3.36. The lowest BCUT2D eigenvalue weighted by Crippen LogP contribution is -2.29. The summed E-state index contributed by atoms with van der Waals surface area (Å²) >= 11 is 0. The van der Waals surface area contributed by atoms with E-state index in [0.29, 0.717) is 25.3 Å². The molecule has 1 amide bonds. The van der Waals surface area contributed by atoms with E-state index in [4.69, 9.17) is 15.2 Å². The smallest absolute Gasteiger partial charge is 0.308 e. The number of carbonyl (C=O) groups is 2. The van der Waals surface area contributed by atoms with E-state index in [-0.39, 0.29) is 36.3 Å². The van der Waals surface area contributed by atoms with Crippen LogP contribution < -0.4 is 15.8 Å². The number of hydrogen-bond donors (Lipinski definition) is 2. The Bertz CT molecular complexity index is 543. The molecule has 1 aromatic carbocycles. The van der Waals surface area contributed by atoms with E-state index in [1.807, 2.05) is 6.92 Å². The van der Waals surface area contributed by atoms with Crippen LogP contribution in [0.5, 0.6) is 5.75 Å². The van der Waals surface area contributed by atoms with E-state index >= 15 is 0 Å². The largest absolute Gasteiger partial charge is 0.490 e. The second kappa shape index (κ2) is 10.9. The maximum atomic E-state index is 11.8. The number of benzene rings is 1. The molecule has 1 saturated carbocycles. The average molecular weight is 371 g/mol. The first-order valence-electron chi connectivity index (χ1n) is 8.55. The third-order valence-electron chi connectivity index (χ3n) is 4.14. The van der Waals surface area contributed by atoms with Crippen molar-refractivity contribution in [3.05, 3.63) is 29.8 Å². The summed E-state index contributed by atoms with van der Waals surface area (Å²) in [5, 5.41) is 2.73. The van der Waals surface area contributed by atoms with Crippen LogP contribution >= 0.6 is 12.4 Å². The maximum Gasteiger partial charge on any atom is 0.308 e. The zero-order valence-corrected chi connectivity index (χ0v) is 15.3. The number of esters is 1. The molecule has 0 bridgehead atoms. The van der Waals surface area contributed by atoms with Gasteiger partial charge in [0.05, 0.1) is 18.6 Å². The zero-order valence-electron chi connectivity index (χ0n) is 14.5. The lowest BCUT2D eigenvalue weighted by Gasteiger charge is -2.27. The fourth-order valence-corrected chi connectivity index (χ4v) is 2.84. The van der Waals surface area contributed by atoms with Crippen molar-refractivity contribution < 1.29 is 19.1 Å². The van der Waals surface area contributed by atoms with Gasteiger partial charge in [0, 0.05) is 18.7 Å². The van der Waals surface area contributed by atoms with E-state index in [9.17, 15) is 9.59 Å². The molecule has 0 atom stereocenters. The van der Waals surface area contributed by atoms with Crippen molar-refractivity contribution in [2.24, 2.45) is 11.7 Å². The number of carbonyl (C=O) groups excluding carboxylic acids is 2. The molecule has 0 aromatic heterocycles. The highest BCUT2D eigenvalue weighted by atomic mass is 35.5. The average Bonchev–Trinajstić information content (AvgIpc) is 2.61. The van der Waals surface area contributed by atoms with Crippen molar-refractivity contribution in [1.82, 2.24) is 5.32 Å². The summed E-state index contributed by atoms with van der Waals surface area (Å²) < 4.78 is 11.0. The number of ether oxygens (including phenoxy) is 2. The second-order valence-electron chi connectivity index (χ2n) is 5.91. The minimum Gasteiger partial charge on any atom is -0.490 e. The van der Waals surface area contributed by atoms with Crippen molar-refractivity contribution in [2.75, 3.05) is 19.7 Å². The lowest BCUT2D eigenvalue weighted by atomic mass is 9.87. The highest BCUT2D eigenvalue weighted by Crippen LogP contribution is 2.28. The Balaban J connectivity index is 0.00000312. The lowest BCUT2D eigenvalue weighted by molar-refractivity contribution is -0.149. The van der Waals surface area contributed by atoms with Gasteiger partial charge in [0.25, 0.3) is 5.91 Å². The molecular formula is C18H27ClN2O4. The quantitative estimate of drug-likeness (QED) is 0.718. The van der Waals surface area contributed by atoms with Crippen molar-refractivity contribution in [3.63, 3.8) is 0 Å². The van der Waals surface area contributed by atoms with E-state index in [0.717, 1.165) is 31.4 Å². The molecule has 25 heavy (non-hydrogen) atoms. The van der Waals surface area contributed by atoms with E-state index in [2.05, 4.69) is 5.32 Å². The summed E-state index contributed by atoms with van der Waals surface area (Å²) in [6.45, 7) is 3.13. The number of halogens is 1. The van der Waals surface area contributed by atoms with Gasteiger partial charge in [-0.3, -0.25) is 9.59 Å². The molecule has 140 valence electrons. The topological polar surface area (TPSA) is 90.6 Å². The molecule has 1 aromatic rings. The monoisotopic (exact) mass is 370 g/mol. The molecule has 0 aliphatic heterocycles. The van der Waals surface area contributed by atoms with Crippen LogP contribution in [0.4, 0.5) is 0 Å². The Labute approximate surface area is 154 Å². The molecule has 0 heterocycles. The molecule has 0 radical (unpaired) electrons. The van der Waals surface area contributed by atoms with Crippen LogP contribution in [0.3, 0.4) is 0 Å². The van der Waals surface area contributed by atoms with Gasteiger partial charge < -0.3 is 20.5 Å². The number of nitrogens with one attached hydrogen (secondary N) is 1. The molecule has 7 heteroatoms. The molecular weight excluding hydrogens is 344 g/mol. The number of hydrogen-bond acceptors (Lipinski definition) is 5. The van der Waals surface area contributed by atoms with Crippen LogP contribution in [-0.4, -0.2) is 37.7 Å². The van der Waals surface area contributed by atoms with Crippen molar-refractivity contribution in [2.45, 2.75) is 38.7 Å². The Morgan fingerprint density at radius 1 is 1.16 bits per heavy atom. The van der Waals surface area contributed by atoms with Gasteiger partial charge in [-0.25, -0.2) is 0 Å². The SMILES string of the molecule is CCOC(=O)[C@H]1CC[C@@H](Oc2ccc(C(=O)NCCN)cc2)CC1.Cl. The zero-order chi connectivity index (χ0) is 17.4. The predicted octanol–water partition coefficient (Wildman–Crippen LogP) is 2.30. The summed E-state index contributed by atoms with van der Waals surface area (Å²) in [6, 6.07) is 7.08. The fourth-order valence-electron chi connectivity index (χ4n) is 2.84. The van der Waals surface area contributed by atoms with E-state index < -0.39 is 0 Å². The first-order valence-corrected chi connectivity index (χ1v) is 8.55. The van der Waals surface area contributed by atoms with Crippen molar-refractivity contribution in [1.29, 1.82) is 0 Å². The minimum atomic E-state index is -0.137. The summed E-state index contributed by atoms with van der Waals surface area (Å²) in [5.41, 5.74) is 5.95. The van der Waals surface area contributed by atoms with Crippen LogP contribution in [0.25, 0.3) is 0 Å². The number of rotatable bonds is 7. The second-order valence-corrected chi connectivity index (χ2v) is 5.91. The van der Waals surface area contributed by atoms with Crippen LogP contribution in [0.2, 0.25) is 0 Å². The summed E-state index contributed by atoms with van der Waals surface area (Å²) in [5.74, 6) is 0.508. The third kappa shape index (κ3) is 6.55. The summed E-state index contributed by atoms with van der Waals surface area (Å²) in [7, 11) is 0. The van der Waals surface area contributed by atoms with Crippen molar-refractivity contribution in [3.8, 4) is 5.75 Å². The molecule has 0 saturated heterocycles. The molecule has 1 aliphatic rings. The molecule has 0 unspecified atom stereocenters. The molecule has 1 aliphatic carbocycles. The molecule has 0 spiro atoms. The van der Waals surface area contributed by atoms with E-state index in [1.165, 1.54) is 0 Å². The third-order valence-corrected chi connectivity index (χ3v) is 4.14.